The van der Waals surface area contributed by atoms with E-state index in [9.17, 15) is 9.59 Å². The standard InChI is InChI=1S/C31H30N4O3/c1-4-35-27-12-8-6-9-21(27)23-17-20(13-14-28(23)35)32-30(36)19(2)38-31(37)29-22-10-5-7-11-25(22)33-26-15-16-34(3)18-24(26)29/h5-14,17,19H,4,15-16,18H2,1-3H3,(H,32,36). The molecule has 0 radical (unpaired) electrons. The first-order chi connectivity index (χ1) is 18.4. The Labute approximate surface area is 221 Å². The monoisotopic (exact) mass is 506 g/mol. The number of fused-ring (bicyclic) bond motifs is 5. The van der Waals surface area contributed by atoms with Crippen molar-refractivity contribution in [3.8, 4) is 0 Å². The van der Waals surface area contributed by atoms with Crippen LogP contribution in [0.3, 0.4) is 0 Å². The molecule has 1 unspecified atom stereocenters. The maximum atomic E-state index is 13.5. The van der Waals surface area contributed by atoms with Crippen LogP contribution in [0, 0.1) is 0 Å². The summed E-state index contributed by atoms with van der Waals surface area (Å²) >= 11 is 0. The summed E-state index contributed by atoms with van der Waals surface area (Å²) in [6, 6.07) is 21.8. The molecule has 0 aliphatic carbocycles. The fraction of sp³-hybridized carbons (Fsp3) is 0.258. The number of carbonyl (C=O) groups is 2. The second-order valence-electron chi connectivity index (χ2n) is 9.95. The van der Waals surface area contributed by atoms with E-state index in [0.717, 1.165) is 63.5 Å². The Morgan fingerprint density at radius 3 is 2.55 bits per heavy atom. The van der Waals surface area contributed by atoms with Crippen LogP contribution in [0.2, 0.25) is 0 Å². The second kappa shape index (κ2) is 9.58. The van der Waals surface area contributed by atoms with Crippen molar-refractivity contribution in [2.75, 3.05) is 18.9 Å². The van der Waals surface area contributed by atoms with Crippen LogP contribution in [0.15, 0.2) is 66.7 Å². The first-order valence-corrected chi connectivity index (χ1v) is 13.1. The molecule has 1 amide bonds. The van der Waals surface area contributed by atoms with Crippen LogP contribution in [0.1, 0.15) is 35.5 Å². The highest BCUT2D eigenvalue weighted by Gasteiger charge is 2.28. The summed E-state index contributed by atoms with van der Waals surface area (Å²) in [5.41, 5.74) is 6.01. The SMILES string of the molecule is CCn1c2ccccc2c2cc(NC(=O)C(C)OC(=O)c3c4c(nc5ccccc35)CCN(C)C4)ccc21. The van der Waals surface area contributed by atoms with Crippen LogP contribution >= 0.6 is 0 Å². The zero-order valence-electron chi connectivity index (χ0n) is 21.8. The van der Waals surface area contributed by atoms with Gasteiger partial charge >= 0.3 is 5.97 Å². The summed E-state index contributed by atoms with van der Waals surface area (Å²) in [6.45, 7) is 6.08. The summed E-state index contributed by atoms with van der Waals surface area (Å²) in [6.07, 6.45) is -0.205. The molecular formula is C31H30N4O3. The lowest BCUT2D eigenvalue weighted by Gasteiger charge is -2.27. The Morgan fingerprint density at radius 1 is 1.00 bits per heavy atom. The van der Waals surface area contributed by atoms with Crippen LogP contribution in [-0.4, -0.2) is 46.0 Å². The lowest BCUT2D eigenvalue weighted by atomic mass is 9.96. The summed E-state index contributed by atoms with van der Waals surface area (Å²) in [7, 11) is 2.03. The van der Waals surface area contributed by atoms with Crippen molar-refractivity contribution in [2.24, 2.45) is 0 Å². The molecule has 2 aromatic heterocycles. The highest BCUT2D eigenvalue weighted by atomic mass is 16.5. The van der Waals surface area contributed by atoms with E-state index in [1.165, 1.54) is 0 Å². The molecule has 1 aliphatic heterocycles. The second-order valence-corrected chi connectivity index (χ2v) is 9.95. The third-order valence-electron chi connectivity index (χ3n) is 7.45. The highest BCUT2D eigenvalue weighted by Crippen LogP contribution is 2.32. The molecular weight excluding hydrogens is 476 g/mol. The Bertz CT molecular complexity index is 1720. The number of ether oxygens (including phenoxy) is 1. The van der Waals surface area contributed by atoms with Gasteiger partial charge in [-0.25, -0.2) is 4.79 Å². The number of benzene rings is 3. The number of carbonyl (C=O) groups excluding carboxylic acids is 2. The predicted molar refractivity (Wildman–Crippen MR) is 150 cm³/mol. The number of nitrogens with zero attached hydrogens (tertiary/aromatic N) is 3. The lowest BCUT2D eigenvalue weighted by Crippen LogP contribution is -2.32. The van der Waals surface area contributed by atoms with Gasteiger partial charge in [0.1, 0.15) is 0 Å². The van der Waals surface area contributed by atoms with Crippen LogP contribution in [0.5, 0.6) is 0 Å². The molecule has 1 atom stereocenters. The molecule has 6 rings (SSSR count). The first-order valence-electron chi connectivity index (χ1n) is 13.1. The minimum atomic E-state index is -0.973. The Balaban J connectivity index is 1.27. The van der Waals surface area contributed by atoms with Gasteiger partial charge < -0.3 is 19.5 Å². The van der Waals surface area contributed by atoms with Gasteiger partial charge in [0.15, 0.2) is 6.10 Å². The lowest BCUT2D eigenvalue weighted by molar-refractivity contribution is -0.123. The molecule has 38 heavy (non-hydrogen) atoms. The van der Waals surface area contributed by atoms with Crippen molar-refractivity contribution in [3.05, 3.63) is 83.6 Å². The summed E-state index contributed by atoms with van der Waals surface area (Å²) in [5, 5.41) is 5.90. The van der Waals surface area contributed by atoms with Gasteiger partial charge in [0.05, 0.1) is 11.1 Å². The zero-order chi connectivity index (χ0) is 26.4. The minimum Gasteiger partial charge on any atom is -0.449 e. The maximum absolute atomic E-state index is 13.5. The molecule has 0 spiro atoms. The Morgan fingerprint density at radius 2 is 1.74 bits per heavy atom. The number of amides is 1. The van der Waals surface area contributed by atoms with E-state index >= 15 is 0 Å². The van der Waals surface area contributed by atoms with Crippen molar-refractivity contribution in [1.82, 2.24) is 14.5 Å². The zero-order valence-corrected chi connectivity index (χ0v) is 21.8. The number of hydrogen-bond donors (Lipinski definition) is 1. The average Bonchev–Trinajstić information content (AvgIpc) is 3.24. The van der Waals surface area contributed by atoms with E-state index in [1.807, 2.05) is 61.6 Å². The van der Waals surface area contributed by atoms with E-state index in [1.54, 1.807) is 6.92 Å². The molecule has 7 nitrogen and oxygen atoms in total. The van der Waals surface area contributed by atoms with Gasteiger partial charge in [0, 0.05) is 70.2 Å². The summed E-state index contributed by atoms with van der Waals surface area (Å²) in [4.78, 5) is 33.6. The molecule has 1 aliphatic rings. The van der Waals surface area contributed by atoms with Crippen LogP contribution in [0.25, 0.3) is 32.7 Å². The van der Waals surface area contributed by atoms with Crippen LogP contribution < -0.4 is 5.32 Å². The number of anilines is 1. The first kappa shape index (κ1) is 24.1. The van der Waals surface area contributed by atoms with E-state index in [-0.39, 0.29) is 5.91 Å². The largest absolute Gasteiger partial charge is 0.449 e. The third kappa shape index (κ3) is 4.09. The van der Waals surface area contributed by atoms with E-state index in [4.69, 9.17) is 9.72 Å². The predicted octanol–water partition coefficient (Wildman–Crippen LogP) is 5.53. The quantitative estimate of drug-likeness (QED) is 0.317. The Kier molecular flexibility index (Phi) is 6.08. The molecule has 7 heteroatoms. The van der Waals surface area contributed by atoms with Crippen molar-refractivity contribution < 1.29 is 14.3 Å². The van der Waals surface area contributed by atoms with Gasteiger partial charge in [-0.2, -0.15) is 0 Å². The van der Waals surface area contributed by atoms with Crippen LogP contribution in [-0.2, 0) is 29.0 Å². The molecule has 0 saturated heterocycles. The van der Waals surface area contributed by atoms with Crippen molar-refractivity contribution in [1.29, 1.82) is 0 Å². The molecule has 5 aromatic rings. The topological polar surface area (TPSA) is 76.5 Å². The van der Waals surface area contributed by atoms with E-state index < -0.39 is 12.1 Å². The number of hydrogen-bond acceptors (Lipinski definition) is 5. The molecule has 0 fully saturated rings. The van der Waals surface area contributed by atoms with Gasteiger partial charge in [0.2, 0.25) is 0 Å². The van der Waals surface area contributed by atoms with E-state index in [0.29, 0.717) is 17.8 Å². The number of aryl methyl sites for hydroxylation is 1. The average molecular weight is 507 g/mol. The molecule has 192 valence electrons. The minimum absolute atomic E-state index is 0.374. The normalized spacial score (nSPS) is 14.5. The number of aromatic nitrogens is 2. The highest BCUT2D eigenvalue weighted by molar-refractivity contribution is 6.10. The van der Waals surface area contributed by atoms with Gasteiger partial charge in [0.25, 0.3) is 5.91 Å². The number of nitrogens with one attached hydrogen (secondary N) is 1. The molecule has 0 saturated carbocycles. The van der Waals surface area contributed by atoms with Gasteiger partial charge in [-0.1, -0.05) is 36.4 Å². The van der Waals surface area contributed by atoms with Gasteiger partial charge in [-0.15, -0.1) is 0 Å². The van der Waals surface area contributed by atoms with Crippen molar-refractivity contribution >= 4 is 50.3 Å². The number of esters is 1. The number of likely N-dealkylation sites (N-methyl/N-ethyl adjacent to an activating group) is 1. The number of rotatable bonds is 5. The maximum Gasteiger partial charge on any atom is 0.339 e. The summed E-state index contributed by atoms with van der Waals surface area (Å²) in [5.74, 6) is -0.874. The molecule has 1 N–H and O–H groups in total. The molecule has 3 aromatic carbocycles. The third-order valence-corrected chi connectivity index (χ3v) is 7.45. The number of pyridine rings is 1. The fourth-order valence-electron chi connectivity index (χ4n) is 5.55. The van der Waals surface area contributed by atoms with Crippen molar-refractivity contribution in [2.45, 2.75) is 39.5 Å². The fourth-order valence-corrected chi connectivity index (χ4v) is 5.55. The number of para-hydroxylation sites is 2. The van der Waals surface area contributed by atoms with Gasteiger partial charge in [-0.3, -0.25) is 9.78 Å². The smallest absolute Gasteiger partial charge is 0.339 e. The van der Waals surface area contributed by atoms with Gasteiger partial charge in [-0.05, 0) is 51.2 Å². The van der Waals surface area contributed by atoms with Crippen LogP contribution in [0.4, 0.5) is 5.69 Å². The molecule has 0 bridgehead atoms. The molecule has 3 heterocycles. The van der Waals surface area contributed by atoms with Crippen molar-refractivity contribution in [3.63, 3.8) is 0 Å². The summed E-state index contributed by atoms with van der Waals surface area (Å²) < 4.78 is 8.02. The van der Waals surface area contributed by atoms with E-state index in [2.05, 4.69) is 33.8 Å². The Hall–Kier alpha value is -4.23.